The highest BCUT2D eigenvalue weighted by atomic mass is 32.2. The minimum Gasteiger partial charge on any atom is -0.313 e. The first kappa shape index (κ1) is 51.3. The molecule has 6 aromatic rings. The van der Waals surface area contributed by atoms with Crippen molar-refractivity contribution in [3.05, 3.63) is 144 Å². The first-order valence-corrected chi connectivity index (χ1v) is 29.0. The number of allylic oxidation sites excluding steroid dienone is 6. The Balaban J connectivity index is 1.35. The van der Waals surface area contributed by atoms with Crippen LogP contribution in [0.3, 0.4) is 0 Å². The Morgan fingerprint density at radius 3 is 1.46 bits per heavy atom. The second-order valence-corrected chi connectivity index (χ2v) is 25.9. The summed E-state index contributed by atoms with van der Waals surface area (Å²) in [6.07, 6.45) is 7.73. The zero-order valence-electron chi connectivity index (χ0n) is 37.1. The van der Waals surface area contributed by atoms with E-state index >= 15 is 0 Å². The van der Waals surface area contributed by atoms with Crippen molar-refractivity contribution >= 4 is 111 Å². The average molecular weight is 1090 g/mol. The summed E-state index contributed by atoms with van der Waals surface area (Å²) in [4.78, 5) is -2.49. The number of benzene rings is 6. The summed E-state index contributed by atoms with van der Waals surface area (Å²) < 4.78 is 212. The lowest BCUT2D eigenvalue weighted by Crippen LogP contribution is -2.28. The van der Waals surface area contributed by atoms with Crippen molar-refractivity contribution in [2.24, 2.45) is 0 Å². The quantitative estimate of drug-likeness (QED) is 0.0425. The fourth-order valence-electron chi connectivity index (χ4n) is 9.25. The van der Waals surface area contributed by atoms with Gasteiger partial charge in [-0.25, -0.2) is 0 Å². The van der Waals surface area contributed by atoms with E-state index in [2.05, 4.69) is 0 Å². The highest BCUT2D eigenvalue weighted by Crippen LogP contribution is 2.55. The molecular weight excluding hydrogens is 1050 g/mol. The lowest BCUT2D eigenvalue weighted by Gasteiger charge is -2.27. The largest absolute Gasteiger partial charge is 0.313 e. The number of fused-ring (bicyclic) bond motifs is 6. The number of rotatable bonds is 11. The van der Waals surface area contributed by atoms with E-state index in [0.29, 0.717) is 22.5 Å². The first-order chi connectivity index (χ1) is 32.5. The molecule has 2 aliphatic rings. The van der Waals surface area contributed by atoms with Crippen LogP contribution < -0.4 is 9.48 Å². The van der Waals surface area contributed by atoms with Gasteiger partial charge >= 0.3 is 0 Å². The summed E-state index contributed by atoms with van der Waals surface area (Å²) in [5.74, 6) is 0. The molecule has 0 amide bonds. The van der Waals surface area contributed by atoms with Crippen LogP contribution in [0, 0.1) is 0 Å². The van der Waals surface area contributed by atoms with Gasteiger partial charge in [0.1, 0.15) is 14.7 Å². The lowest BCUT2D eigenvalue weighted by molar-refractivity contribution is 0.480. The normalized spacial score (nSPS) is 17.0. The van der Waals surface area contributed by atoms with Crippen molar-refractivity contribution in [1.82, 2.24) is 4.58 Å². The minimum absolute atomic E-state index is 0.0846. The van der Waals surface area contributed by atoms with E-state index in [1.165, 1.54) is 64.1 Å². The predicted molar refractivity (Wildman–Crippen MR) is 261 cm³/mol. The summed E-state index contributed by atoms with van der Waals surface area (Å²) in [7, 11) is -29.6. The maximum Gasteiger partial charge on any atom is 0.295 e. The zero-order chi connectivity index (χ0) is 52.4. The van der Waals surface area contributed by atoms with E-state index in [9.17, 15) is 77.8 Å². The SMILES string of the molecule is CC1(C)C(/C=C/C=C/C=C2/N(c3cccc(S(=O)(=O)O)c3)c3cc(S(=O)(=O)O)c4cc(S(=O)(=O)O)ccc4c3C2(C)C)=[N+](c2cccc(S(=O)(=O)O)c2)c2cc(S(=O)(=O)O)c3cc(S(=O)(=O)O)ccc3c21. The summed E-state index contributed by atoms with van der Waals surface area (Å²) in [6, 6.07) is 18.4. The van der Waals surface area contributed by atoms with Crippen LogP contribution in [0.15, 0.2) is 163 Å². The fourth-order valence-corrected chi connectivity index (χ4v) is 12.7. The van der Waals surface area contributed by atoms with Crippen molar-refractivity contribution in [2.75, 3.05) is 4.90 Å². The van der Waals surface area contributed by atoms with Gasteiger partial charge in [-0.2, -0.15) is 55.1 Å². The molecule has 2 heterocycles. The lowest BCUT2D eigenvalue weighted by atomic mass is 9.79. The topological polar surface area (TPSA) is 332 Å². The first-order valence-electron chi connectivity index (χ1n) is 20.3. The molecular formula is C45H39N2O18S6+. The molecule has 372 valence electrons. The summed E-state index contributed by atoms with van der Waals surface area (Å²) in [6.45, 7) is 6.87. The van der Waals surface area contributed by atoms with Crippen LogP contribution in [0.1, 0.15) is 38.8 Å². The van der Waals surface area contributed by atoms with Crippen molar-refractivity contribution in [2.45, 2.75) is 67.9 Å². The molecule has 71 heavy (non-hydrogen) atoms. The third-order valence-corrected chi connectivity index (χ3v) is 17.4. The van der Waals surface area contributed by atoms with Gasteiger partial charge in [0.05, 0.1) is 25.8 Å². The maximum atomic E-state index is 13.0. The molecule has 20 nitrogen and oxygen atoms in total. The van der Waals surface area contributed by atoms with E-state index in [-0.39, 0.29) is 44.3 Å². The third-order valence-electron chi connectivity index (χ3n) is 12.2. The van der Waals surface area contributed by atoms with Crippen molar-refractivity contribution < 1.29 is 77.8 Å². The molecule has 6 aromatic carbocycles. The Morgan fingerprint density at radius 2 is 0.944 bits per heavy atom. The van der Waals surface area contributed by atoms with E-state index in [0.717, 1.165) is 60.7 Å². The van der Waals surface area contributed by atoms with Crippen LogP contribution in [-0.2, 0) is 71.5 Å². The Hall–Kier alpha value is -6.01. The second-order valence-electron chi connectivity index (χ2n) is 17.4. The monoisotopic (exact) mass is 1090 g/mol. The second kappa shape index (κ2) is 16.8. The van der Waals surface area contributed by atoms with Gasteiger partial charge in [-0.3, -0.25) is 27.3 Å². The van der Waals surface area contributed by atoms with Crippen LogP contribution in [0.5, 0.6) is 0 Å². The molecule has 8 rings (SSSR count). The Bertz CT molecular complexity index is 4220. The van der Waals surface area contributed by atoms with Crippen LogP contribution >= 0.6 is 0 Å². The molecule has 6 N–H and O–H groups in total. The van der Waals surface area contributed by atoms with Gasteiger partial charge in [-0.05, 0) is 90.9 Å². The number of hydrogen-bond donors (Lipinski definition) is 6. The van der Waals surface area contributed by atoms with Crippen LogP contribution in [-0.4, -0.2) is 83.5 Å². The van der Waals surface area contributed by atoms with Gasteiger partial charge in [0.25, 0.3) is 60.7 Å². The Morgan fingerprint density at radius 1 is 0.465 bits per heavy atom. The molecule has 0 atom stereocenters. The number of nitrogens with zero attached hydrogens (tertiary/aromatic N) is 2. The average Bonchev–Trinajstić information content (AvgIpc) is 3.62. The third kappa shape index (κ3) is 9.14. The highest BCUT2D eigenvalue weighted by Gasteiger charge is 2.48. The van der Waals surface area contributed by atoms with Crippen LogP contribution in [0.25, 0.3) is 21.5 Å². The van der Waals surface area contributed by atoms with Gasteiger partial charge in [0, 0.05) is 57.4 Å². The molecule has 0 saturated carbocycles. The summed E-state index contributed by atoms with van der Waals surface area (Å²) >= 11 is 0. The standard InChI is InChI=1S/C45H38N2O18S6/c1-44(2)40(46(26-10-8-12-28(20-26)66(48,49)50)36-24-38(70(60,61)62)34-22-30(68(54,55)56)16-18-32(34)42(36)44)14-6-5-7-15-41-45(3,4)43-33-19-17-31(69(57,58)59)23-35(33)39(71(63,64)65)25-37(43)47(41)27-11-9-13-29(21-27)67(51,52)53/h5-25H,1-4H3,(H5-,48,49,50,51,52,53,54,55,56,57,58,59,60,61,62,63,64,65)/p+1. The van der Waals surface area contributed by atoms with Gasteiger partial charge in [-0.15, -0.1) is 0 Å². The van der Waals surface area contributed by atoms with Crippen molar-refractivity contribution in [3.8, 4) is 0 Å². The molecule has 2 aliphatic heterocycles. The van der Waals surface area contributed by atoms with E-state index in [1.807, 2.05) is 0 Å². The van der Waals surface area contributed by atoms with Crippen molar-refractivity contribution in [1.29, 1.82) is 0 Å². The minimum atomic E-state index is -5.14. The van der Waals surface area contributed by atoms with Crippen LogP contribution in [0.2, 0.25) is 0 Å². The summed E-state index contributed by atoms with van der Waals surface area (Å²) in [5.41, 5.74) is -0.659. The van der Waals surface area contributed by atoms with Crippen LogP contribution in [0.4, 0.5) is 22.7 Å². The van der Waals surface area contributed by atoms with E-state index in [1.54, 1.807) is 39.8 Å². The van der Waals surface area contributed by atoms with Gasteiger partial charge in [0.15, 0.2) is 5.71 Å². The fraction of sp³-hybridized carbons (Fsp3) is 0.133. The maximum absolute atomic E-state index is 13.0. The highest BCUT2D eigenvalue weighted by molar-refractivity contribution is 7.87. The summed E-state index contributed by atoms with van der Waals surface area (Å²) in [5, 5.41) is -0.320. The Kier molecular flexibility index (Phi) is 12.1. The van der Waals surface area contributed by atoms with Gasteiger partial charge < -0.3 is 4.90 Å². The van der Waals surface area contributed by atoms with E-state index < -0.39 is 101 Å². The zero-order valence-corrected chi connectivity index (χ0v) is 41.9. The smallest absolute Gasteiger partial charge is 0.295 e. The Labute approximate surface area is 407 Å². The van der Waals surface area contributed by atoms with Gasteiger partial charge in [0.2, 0.25) is 11.4 Å². The molecule has 0 saturated heterocycles. The molecule has 0 bridgehead atoms. The molecule has 0 aromatic heterocycles. The van der Waals surface area contributed by atoms with Crippen molar-refractivity contribution in [3.63, 3.8) is 0 Å². The molecule has 0 fully saturated rings. The molecule has 0 unspecified atom stereocenters. The predicted octanol–water partition coefficient (Wildman–Crippen LogP) is 7.17. The van der Waals surface area contributed by atoms with E-state index in [4.69, 9.17) is 0 Å². The molecule has 0 aliphatic carbocycles. The molecule has 26 heteroatoms. The number of anilines is 2. The molecule has 0 radical (unpaired) electrons. The number of hydrogen-bond acceptors (Lipinski definition) is 13. The van der Waals surface area contributed by atoms with Gasteiger partial charge in [-0.1, -0.05) is 56.3 Å². The molecule has 0 spiro atoms.